The van der Waals surface area contributed by atoms with E-state index < -0.39 is 0 Å². The summed E-state index contributed by atoms with van der Waals surface area (Å²) >= 11 is 0. The molecule has 2 N–H and O–H groups in total. The van der Waals surface area contributed by atoms with Crippen LogP contribution in [-0.2, 0) is 6.54 Å². The summed E-state index contributed by atoms with van der Waals surface area (Å²) in [6.45, 7) is 5.56. The monoisotopic (exact) mass is 287 g/mol. The number of aromatic nitrogens is 3. The number of pyridine rings is 1. The van der Waals surface area contributed by atoms with Gasteiger partial charge in [-0.3, -0.25) is 0 Å². The summed E-state index contributed by atoms with van der Waals surface area (Å²) in [5, 5.41) is 6.57. The zero-order chi connectivity index (χ0) is 15.1. The predicted octanol–water partition coefficient (Wildman–Crippen LogP) is 2.62. The van der Waals surface area contributed by atoms with Crippen LogP contribution in [0.2, 0.25) is 0 Å². The van der Waals surface area contributed by atoms with Crippen molar-refractivity contribution in [2.75, 3.05) is 24.3 Å². The van der Waals surface area contributed by atoms with Crippen LogP contribution in [0.15, 0.2) is 24.4 Å². The molecular formula is C15H21N5O. The van der Waals surface area contributed by atoms with Crippen molar-refractivity contribution in [3.05, 3.63) is 35.8 Å². The van der Waals surface area contributed by atoms with Gasteiger partial charge in [0, 0.05) is 31.4 Å². The second kappa shape index (κ2) is 7.42. The molecule has 2 aromatic heterocycles. The van der Waals surface area contributed by atoms with Crippen LogP contribution in [0.3, 0.4) is 0 Å². The van der Waals surface area contributed by atoms with E-state index in [1.54, 1.807) is 13.3 Å². The average molecular weight is 287 g/mol. The van der Waals surface area contributed by atoms with Gasteiger partial charge < -0.3 is 15.4 Å². The maximum atomic E-state index is 5.11. The molecule has 0 spiro atoms. The topological polar surface area (TPSA) is 72.0 Å². The zero-order valence-electron chi connectivity index (χ0n) is 12.7. The Morgan fingerprint density at radius 2 is 1.90 bits per heavy atom. The van der Waals surface area contributed by atoms with Crippen molar-refractivity contribution in [2.45, 2.75) is 26.8 Å². The van der Waals surface area contributed by atoms with E-state index in [2.05, 4.69) is 32.5 Å². The van der Waals surface area contributed by atoms with Crippen LogP contribution >= 0.6 is 0 Å². The largest absolute Gasteiger partial charge is 0.481 e. The summed E-state index contributed by atoms with van der Waals surface area (Å²) in [7, 11) is 1.61. The Morgan fingerprint density at radius 1 is 1.14 bits per heavy atom. The van der Waals surface area contributed by atoms with Gasteiger partial charge in [-0.05, 0) is 25.0 Å². The van der Waals surface area contributed by atoms with Crippen molar-refractivity contribution >= 4 is 11.6 Å². The highest BCUT2D eigenvalue weighted by Gasteiger charge is 2.02. The molecule has 0 atom stereocenters. The molecule has 0 aliphatic carbocycles. The Kier molecular flexibility index (Phi) is 5.31. The smallest absolute Gasteiger partial charge is 0.213 e. The van der Waals surface area contributed by atoms with Crippen molar-refractivity contribution in [3.63, 3.8) is 0 Å². The highest BCUT2D eigenvalue weighted by atomic mass is 16.5. The van der Waals surface area contributed by atoms with Crippen LogP contribution in [0, 0.1) is 6.92 Å². The average Bonchev–Trinajstić information content (AvgIpc) is 2.50. The first-order chi connectivity index (χ1) is 10.2. The number of aryl methyl sites for hydroxylation is 1. The first-order valence-corrected chi connectivity index (χ1v) is 7.03. The molecule has 0 fully saturated rings. The number of methoxy groups -OCH3 is 1. The molecule has 0 aromatic carbocycles. The molecule has 0 saturated carbocycles. The minimum atomic E-state index is 0.610. The standard InChI is InChI=1S/C15H21N5O/c1-4-6-16-13-9-14(20-11(2)19-13)18-10-12-5-7-17-15(8-12)21-3/h5,7-9H,4,6,10H2,1-3H3,(H2,16,18,19,20). The molecule has 2 heterocycles. The van der Waals surface area contributed by atoms with Crippen LogP contribution in [0.5, 0.6) is 5.88 Å². The van der Waals surface area contributed by atoms with Gasteiger partial charge in [0.25, 0.3) is 0 Å². The maximum Gasteiger partial charge on any atom is 0.213 e. The molecule has 0 radical (unpaired) electrons. The van der Waals surface area contributed by atoms with Gasteiger partial charge in [-0.1, -0.05) is 6.92 Å². The highest BCUT2D eigenvalue weighted by molar-refractivity contribution is 5.47. The fourth-order valence-electron chi connectivity index (χ4n) is 1.87. The number of hydrogen-bond acceptors (Lipinski definition) is 6. The minimum absolute atomic E-state index is 0.610. The first-order valence-electron chi connectivity index (χ1n) is 7.03. The molecular weight excluding hydrogens is 266 g/mol. The van der Waals surface area contributed by atoms with E-state index in [0.29, 0.717) is 12.4 Å². The third kappa shape index (κ3) is 4.59. The number of anilines is 2. The van der Waals surface area contributed by atoms with Gasteiger partial charge in [0.2, 0.25) is 5.88 Å². The molecule has 112 valence electrons. The van der Waals surface area contributed by atoms with Crippen molar-refractivity contribution < 1.29 is 4.74 Å². The van der Waals surface area contributed by atoms with Gasteiger partial charge in [-0.15, -0.1) is 0 Å². The van der Waals surface area contributed by atoms with Crippen molar-refractivity contribution in [1.82, 2.24) is 15.0 Å². The van der Waals surface area contributed by atoms with Crippen molar-refractivity contribution in [2.24, 2.45) is 0 Å². The van der Waals surface area contributed by atoms with E-state index in [9.17, 15) is 0 Å². The van der Waals surface area contributed by atoms with Gasteiger partial charge in [0.05, 0.1) is 7.11 Å². The maximum absolute atomic E-state index is 5.11. The molecule has 21 heavy (non-hydrogen) atoms. The van der Waals surface area contributed by atoms with Crippen molar-refractivity contribution in [3.8, 4) is 5.88 Å². The molecule has 2 rings (SSSR count). The summed E-state index contributed by atoms with van der Waals surface area (Å²) in [6.07, 6.45) is 2.79. The number of nitrogens with one attached hydrogen (secondary N) is 2. The van der Waals surface area contributed by atoms with Gasteiger partial charge in [-0.2, -0.15) is 0 Å². The Labute approximate surface area is 125 Å². The Morgan fingerprint density at radius 3 is 2.62 bits per heavy atom. The molecule has 0 aliphatic heterocycles. The summed E-state index contributed by atoms with van der Waals surface area (Å²) < 4.78 is 5.11. The van der Waals surface area contributed by atoms with Crippen molar-refractivity contribution in [1.29, 1.82) is 0 Å². The van der Waals surface area contributed by atoms with E-state index in [-0.39, 0.29) is 0 Å². The third-order valence-corrected chi connectivity index (χ3v) is 2.88. The Hall–Kier alpha value is -2.37. The number of ether oxygens (including phenoxy) is 1. The summed E-state index contributed by atoms with van der Waals surface area (Å²) in [6, 6.07) is 5.76. The lowest BCUT2D eigenvalue weighted by Crippen LogP contribution is -2.07. The lowest BCUT2D eigenvalue weighted by molar-refractivity contribution is 0.397. The molecule has 0 aliphatic rings. The van der Waals surface area contributed by atoms with Crippen LogP contribution in [0.1, 0.15) is 24.7 Å². The Bertz CT molecular complexity index is 588. The predicted molar refractivity (Wildman–Crippen MR) is 83.7 cm³/mol. The van der Waals surface area contributed by atoms with Crippen LogP contribution in [0.4, 0.5) is 11.6 Å². The fraction of sp³-hybridized carbons (Fsp3) is 0.400. The Balaban J connectivity index is 2.03. The molecule has 6 nitrogen and oxygen atoms in total. The van der Waals surface area contributed by atoms with E-state index in [1.165, 1.54) is 0 Å². The first kappa shape index (κ1) is 15.0. The molecule has 0 bridgehead atoms. The van der Waals surface area contributed by atoms with Crippen LogP contribution < -0.4 is 15.4 Å². The van der Waals surface area contributed by atoms with E-state index in [1.807, 2.05) is 25.1 Å². The van der Waals surface area contributed by atoms with Crippen LogP contribution in [-0.4, -0.2) is 28.6 Å². The number of nitrogens with zero attached hydrogens (tertiary/aromatic N) is 3. The van der Waals surface area contributed by atoms with E-state index in [0.717, 1.165) is 36.0 Å². The highest BCUT2D eigenvalue weighted by Crippen LogP contribution is 2.14. The normalized spacial score (nSPS) is 10.2. The van der Waals surface area contributed by atoms with E-state index >= 15 is 0 Å². The number of rotatable bonds is 7. The summed E-state index contributed by atoms with van der Waals surface area (Å²) in [5.41, 5.74) is 1.08. The molecule has 2 aromatic rings. The van der Waals surface area contributed by atoms with Gasteiger partial charge in [-0.25, -0.2) is 15.0 Å². The zero-order valence-corrected chi connectivity index (χ0v) is 12.7. The van der Waals surface area contributed by atoms with Gasteiger partial charge in [0.1, 0.15) is 17.5 Å². The minimum Gasteiger partial charge on any atom is -0.481 e. The molecule has 0 saturated heterocycles. The van der Waals surface area contributed by atoms with Gasteiger partial charge >= 0.3 is 0 Å². The second-order valence-electron chi connectivity index (χ2n) is 4.67. The molecule has 6 heteroatoms. The second-order valence-corrected chi connectivity index (χ2v) is 4.67. The third-order valence-electron chi connectivity index (χ3n) is 2.88. The van der Waals surface area contributed by atoms with Crippen LogP contribution in [0.25, 0.3) is 0 Å². The molecule has 0 unspecified atom stereocenters. The SMILES string of the molecule is CCCNc1cc(NCc2ccnc(OC)c2)nc(C)n1. The summed E-state index contributed by atoms with van der Waals surface area (Å²) in [4.78, 5) is 12.8. The lowest BCUT2D eigenvalue weighted by Gasteiger charge is -2.10. The summed E-state index contributed by atoms with van der Waals surface area (Å²) in [5.74, 6) is 3.00. The van der Waals surface area contributed by atoms with E-state index in [4.69, 9.17) is 4.74 Å². The lowest BCUT2D eigenvalue weighted by atomic mass is 10.2. The molecule has 0 amide bonds. The quantitative estimate of drug-likeness (QED) is 0.815. The fourth-order valence-corrected chi connectivity index (χ4v) is 1.87. The van der Waals surface area contributed by atoms with Gasteiger partial charge in [0.15, 0.2) is 0 Å². The number of hydrogen-bond donors (Lipinski definition) is 2.